The monoisotopic (exact) mass is 295 g/mol. The van der Waals surface area contributed by atoms with Crippen LogP contribution in [-0.2, 0) is 17.1 Å². The van der Waals surface area contributed by atoms with E-state index in [1.165, 1.54) is 11.4 Å². The predicted molar refractivity (Wildman–Crippen MR) is 77.1 cm³/mol. The zero-order valence-electron chi connectivity index (χ0n) is 11.7. The number of hydrogen-bond donors (Lipinski definition) is 0. The standard InChI is InChI=1S/C13H17N3O3S/c1-4-16(5-2)20(18,19)13-14-11-9-7-6-8-10(11)12(17)15(13)3/h6-9H,4-5H2,1-3H3. The van der Waals surface area contributed by atoms with Crippen LogP contribution in [0.15, 0.2) is 34.2 Å². The van der Waals surface area contributed by atoms with E-state index in [9.17, 15) is 13.2 Å². The third-order valence-electron chi connectivity index (χ3n) is 3.22. The Morgan fingerprint density at radius 3 is 2.40 bits per heavy atom. The van der Waals surface area contributed by atoms with Crippen LogP contribution in [0.5, 0.6) is 0 Å². The van der Waals surface area contributed by atoms with Crippen molar-refractivity contribution in [3.63, 3.8) is 0 Å². The Labute approximate surface area is 117 Å². The van der Waals surface area contributed by atoms with Crippen LogP contribution in [0.4, 0.5) is 0 Å². The zero-order valence-corrected chi connectivity index (χ0v) is 12.5. The Kier molecular flexibility index (Phi) is 3.92. The molecule has 0 aliphatic carbocycles. The molecule has 2 aromatic rings. The summed E-state index contributed by atoms with van der Waals surface area (Å²) in [7, 11) is -2.33. The lowest BCUT2D eigenvalue weighted by molar-refractivity contribution is 0.434. The molecule has 0 radical (unpaired) electrons. The van der Waals surface area contributed by atoms with Gasteiger partial charge in [0.25, 0.3) is 15.6 Å². The maximum Gasteiger partial charge on any atom is 0.277 e. The van der Waals surface area contributed by atoms with Crippen LogP contribution in [0, 0.1) is 0 Å². The quantitative estimate of drug-likeness (QED) is 0.788. The van der Waals surface area contributed by atoms with Gasteiger partial charge in [0, 0.05) is 20.1 Å². The van der Waals surface area contributed by atoms with Crippen LogP contribution in [0.1, 0.15) is 13.8 Å². The molecule has 1 aromatic heterocycles. The van der Waals surface area contributed by atoms with Crippen molar-refractivity contribution >= 4 is 20.9 Å². The van der Waals surface area contributed by atoms with Gasteiger partial charge >= 0.3 is 0 Å². The molecule has 20 heavy (non-hydrogen) atoms. The third-order valence-corrected chi connectivity index (χ3v) is 5.24. The minimum absolute atomic E-state index is 0.218. The first kappa shape index (κ1) is 14.7. The molecule has 6 nitrogen and oxygen atoms in total. The van der Waals surface area contributed by atoms with Gasteiger partial charge in [-0.05, 0) is 12.1 Å². The Morgan fingerprint density at radius 2 is 1.80 bits per heavy atom. The van der Waals surface area contributed by atoms with Gasteiger partial charge in [0.1, 0.15) is 0 Å². The normalized spacial score (nSPS) is 12.2. The van der Waals surface area contributed by atoms with Gasteiger partial charge in [-0.1, -0.05) is 26.0 Å². The maximum absolute atomic E-state index is 12.5. The van der Waals surface area contributed by atoms with E-state index in [1.807, 2.05) is 0 Å². The molecule has 108 valence electrons. The summed E-state index contributed by atoms with van der Waals surface area (Å²) in [5.41, 5.74) is 0.0302. The number of rotatable bonds is 4. The second kappa shape index (κ2) is 5.34. The van der Waals surface area contributed by atoms with Crippen molar-refractivity contribution in [2.24, 2.45) is 7.05 Å². The molecule has 0 aliphatic rings. The van der Waals surface area contributed by atoms with Gasteiger partial charge in [-0.25, -0.2) is 13.4 Å². The summed E-state index contributed by atoms with van der Waals surface area (Å²) in [6, 6.07) is 6.73. The first-order chi connectivity index (χ1) is 9.43. The molecule has 0 N–H and O–H groups in total. The summed E-state index contributed by atoms with van der Waals surface area (Å²) in [6.45, 7) is 4.17. The van der Waals surface area contributed by atoms with Gasteiger partial charge < -0.3 is 0 Å². The summed E-state index contributed by atoms with van der Waals surface area (Å²) in [4.78, 5) is 16.4. The topological polar surface area (TPSA) is 72.3 Å². The van der Waals surface area contributed by atoms with E-state index in [0.29, 0.717) is 24.0 Å². The van der Waals surface area contributed by atoms with Crippen molar-refractivity contribution < 1.29 is 8.42 Å². The molecule has 0 atom stereocenters. The van der Waals surface area contributed by atoms with Crippen molar-refractivity contribution in [1.29, 1.82) is 0 Å². The molecule has 0 aliphatic heterocycles. The van der Waals surface area contributed by atoms with E-state index < -0.39 is 10.0 Å². The smallest absolute Gasteiger partial charge is 0.277 e. The number of sulfonamides is 1. The fourth-order valence-corrected chi connectivity index (χ4v) is 3.66. The molecule has 0 fully saturated rings. The molecule has 1 aromatic carbocycles. The molecule has 0 unspecified atom stereocenters. The second-order valence-corrected chi connectivity index (χ2v) is 6.20. The third kappa shape index (κ3) is 2.23. The van der Waals surface area contributed by atoms with Crippen molar-refractivity contribution in [3.8, 4) is 0 Å². The van der Waals surface area contributed by atoms with Gasteiger partial charge in [0.05, 0.1) is 10.9 Å². The van der Waals surface area contributed by atoms with E-state index in [4.69, 9.17) is 0 Å². The molecule has 1 heterocycles. The SMILES string of the molecule is CCN(CC)S(=O)(=O)c1nc2ccccc2c(=O)n1C. The Balaban J connectivity index is 2.79. The van der Waals surface area contributed by atoms with Crippen molar-refractivity contribution in [1.82, 2.24) is 13.9 Å². The van der Waals surface area contributed by atoms with Gasteiger partial charge in [-0.3, -0.25) is 9.36 Å². The van der Waals surface area contributed by atoms with Crippen LogP contribution in [-0.4, -0.2) is 35.4 Å². The molecule has 0 spiro atoms. The number of benzene rings is 1. The summed E-state index contributed by atoms with van der Waals surface area (Å²) < 4.78 is 27.4. The fraction of sp³-hybridized carbons (Fsp3) is 0.385. The minimum atomic E-state index is -3.76. The van der Waals surface area contributed by atoms with Gasteiger partial charge in [-0.15, -0.1) is 0 Å². The number of nitrogens with zero attached hydrogens (tertiary/aromatic N) is 3. The van der Waals surface area contributed by atoms with Crippen molar-refractivity contribution in [2.75, 3.05) is 13.1 Å². The highest BCUT2D eigenvalue weighted by atomic mass is 32.2. The van der Waals surface area contributed by atoms with Crippen molar-refractivity contribution in [3.05, 3.63) is 34.6 Å². The lowest BCUT2D eigenvalue weighted by atomic mass is 10.2. The van der Waals surface area contributed by atoms with Crippen LogP contribution in [0.2, 0.25) is 0 Å². The highest BCUT2D eigenvalue weighted by Crippen LogP contribution is 2.14. The Bertz CT molecular complexity index is 792. The fourth-order valence-electron chi connectivity index (χ4n) is 2.11. The van der Waals surface area contributed by atoms with Gasteiger partial charge in [0.15, 0.2) is 0 Å². The first-order valence-corrected chi connectivity index (χ1v) is 7.83. The predicted octanol–water partition coefficient (Wildman–Crippen LogP) is 0.964. The molecular formula is C13H17N3O3S. The lowest BCUT2D eigenvalue weighted by Gasteiger charge is -2.19. The molecule has 0 amide bonds. The highest BCUT2D eigenvalue weighted by molar-refractivity contribution is 7.89. The zero-order chi connectivity index (χ0) is 14.9. The summed E-state index contributed by atoms with van der Waals surface area (Å²) in [5.74, 6) is 0. The van der Waals surface area contributed by atoms with Crippen LogP contribution in [0.3, 0.4) is 0 Å². The van der Waals surface area contributed by atoms with Crippen LogP contribution < -0.4 is 5.56 Å². The summed E-state index contributed by atoms with van der Waals surface area (Å²) >= 11 is 0. The molecular weight excluding hydrogens is 278 g/mol. The van der Waals surface area contributed by atoms with E-state index in [2.05, 4.69) is 4.98 Å². The number of aromatic nitrogens is 2. The van der Waals surface area contributed by atoms with Crippen molar-refractivity contribution in [2.45, 2.75) is 19.0 Å². The molecule has 0 saturated heterocycles. The van der Waals surface area contributed by atoms with Crippen LogP contribution >= 0.6 is 0 Å². The Morgan fingerprint density at radius 1 is 1.20 bits per heavy atom. The van der Waals surface area contributed by atoms with E-state index in [-0.39, 0.29) is 10.7 Å². The molecule has 0 bridgehead atoms. The summed E-state index contributed by atoms with van der Waals surface area (Å²) in [6.07, 6.45) is 0. The lowest BCUT2D eigenvalue weighted by Crippen LogP contribution is -2.35. The second-order valence-electron chi connectivity index (χ2n) is 4.37. The minimum Gasteiger partial charge on any atom is -0.285 e. The average molecular weight is 295 g/mol. The van der Waals surface area contributed by atoms with Crippen LogP contribution in [0.25, 0.3) is 10.9 Å². The Hall–Kier alpha value is -1.73. The number of para-hydroxylation sites is 1. The highest BCUT2D eigenvalue weighted by Gasteiger charge is 2.27. The number of fused-ring (bicyclic) bond motifs is 1. The van der Waals surface area contributed by atoms with E-state index in [0.717, 1.165) is 4.57 Å². The summed E-state index contributed by atoms with van der Waals surface area (Å²) in [5, 5.41) is 0.193. The van der Waals surface area contributed by atoms with E-state index >= 15 is 0 Å². The number of hydrogen-bond acceptors (Lipinski definition) is 4. The molecule has 2 rings (SSSR count). The average Bonchev–Trinajstić information content (AvgIpc) is 2.43. The largest absolute Gasteiger partial charge is 0.285 e. The molecule has 0 saturated carbocycles. The van der Waals surface area contributed by atoms with Gasteiger partial charge in [-0.2, -0.15) is 4.31 Å². The first-order valence-electron chi connectivity index (χ1n) is 6.39. The maximum atomic E-state index is 12.5. The van der Waals surface area contributed by atoms with E-state index in [1.54, 1.807) is 38.1 Å². The molecule has 7 heteroatoms. The van der Waals surface area contributed by atoms with Gasteiger partial charge in [0.2, 0.25) is 5.16 Å².